The van der Waals surface area contributed by atoms with Crippen molar-refractivity contribution in [3.8, 4) is 6.07 Å². The summed E-state index contributed by atoms with van der Waals surface area (Å²) in [6.07, 6.45) is 0. The third-order valence-corrected chi connectivity index (χ3v) is 2.58. The summed E-state index contributed by atoms with van der Waals surface area (Å²) < 4.78 is 12.9. The van der Waals surface area contributed by atoms with Gasteiger partial charge in [-0.25, -0.2) is 4.39 Å². The number of carbonyl (C=O) groups excluding carboxylic acids is 1. The van der Waals surface area contributed by atoms with E-state index >= 15 is 0 Å². The number of benzene rings is 1. The fraction of sp³-hybridized carbons (Fsp3) is 0.385. The molecule has 0 fully saturated rings. The number of nitrogens with zero attached hydrogens (tertiary/aromatic N) is 1. The van der Waals surface area contributed by atoms with E-state index in [-0.39, 0.29) is 11.3 Å². The van der Waals surface area contributed by atoms with Crippen molar-refractivity contribution in [3.05, 3.63) is 29.6 Å². The number of carbonyl (C=O) groups is 1. The molecular weight excluding hydrogens is 233 g/mol. The van der Waals surface area contributed by atoms with E-state index in [9.17, 15) is 9.18 Å². The van der Waals surface area contributed by atoms with Gasteiger partial charge in [0.15, 0.2) is 0 Å². The molecule has 0 aliphatic carbocycles. The second-order valence-corrected chi connectivity index (χ2v) is 5.13. The fourth-order valence-corrected chi connectivity index (χ4v) is 1.32. The van der Waals surface area contributed by atoms with Gasteiger partial charge in [0.1, 0.15) is 11.9 Å². The van der Waals surface area contributed by atoms with Crippen LogP contribution in [0, 0.1) is 22.6 Å². The van der Waals surface area contributed by atoms with Crippen LogP contribution < -0.4 is 11.1 Å². The molecule has 18 heavy (non-hydrogen) atoms. The molecule has 1 atom stereocenters. The van der Waals surface area contributed by atoms with E-state index in [1.54, 1.807) is 0 Å². The van der Waals surface area contributed by atoms with Crippen LogP contribution in [0.2, 0.25) is 0 Å². The lowest BCUT2D eigenvalue weighted by atomic mass is 9.87. The molecule has 5 heteroatoms. The SMILES string of the molecule is CC(C)(C)[C@@H](N)C(=O)Nc1ccc(F)cc1C#N. The second-order valence-electron chi connectivity index (χ2n) is 5.13. The van der Waals surface area contributed by atoms with Crippen LogP contribution in [-0.2, 0) is 4.79 Å². The predicted octanol–water partition coefficient (Wildman–Crippen LogP) is 2.01. The zero-order chi connectivity index (χ0) is 13.9. The molecule has 0 aliphatic heterocycles. The lowest BCUT2D eigenvalue weighted by Crippen LogP contribution is -2.45. The Balaban J connectivity index is 2.93. The number of hydrogen-bond acceptors (Lipinski definition) is 3. The van der Waals surface area contributed by atoms with E-state index in [1.807, 2.05) is 26.8 Å². The first-order valence-corrected chi connectivity index (χ1v) is 5.52. The van der Waals surface area contributed by atoms with Gasteiger partial charge < -0.3 is 11.1 Å². The summed E-state index contributed by atoms with van der Waals surface area (Å²) in [6.45, 7) is 5.52. The molecular formula is C13H16FN3O. The van der Waals surface area contributed by atoms with Gasteiger partial charge in [-0.2, -0.15) is 5.26 Å². The minimum atomic E-state index is -0.714. The monoisotopic (exact) mass is 249 g/mol. The first kappa shape index (κ1) is 14.1. The Kier molecular flexibility index (Phi) is 4.04. The molecule has 0 spiro atoms. The third-order valence-electron chi connectivity index (χ3n) is 2.58. The van der Waals surface area contributed by atoms with E-state index in [2.05, 4.69) is 5.32 Å². The highest BCUT2D eigenvalue weighted by Gasteiger charge is 2.27. The van der Waals surface area contributed by atoms with Crippen molar-refractivity contribution in [1.82, 2.24) is 0 Å². The topological polar surface area (TPSA) is 78.9 Å². The average Bonchev–Trinajstić information content (AvgIpc) is 2.29. The van der Waals surface area contributed by atoms with Gasteiger partial charge in [0, 0.05) is 0 Å². The summed E-state index contributed by atoms with van der Waals surface area (Å²) in [5, 5.41) is 11.4. The number of halogens is 1. The van der Waals surface area contributed by atoms with Gasteiger partial charge in [0.2, 0.25) is 5.91 Å². The molecule has 0 saturated carbocycles. The summed E-state index contributed by atoms with van der Waals surface area (Å²) in [5.41, 5.74) is 5.74. The van der Waals surface area contributed by atoms with Crippen molar-refractivity contribution >= 4 is 11.6 Å². The minimum absolute atomic E-state index is 0.0736. The van der Waals surface area contributed by atoms with Crippen molar-refractivity contribution in [2.75, 3.05) is 5.32 Å². The van der Waals surface area contributed by atoms with Gasteiger partial charge in [-0.3, -0.25) is 4.79 Å². The van der Waals surface area contributed by atoms with Crippen LogP contribution in [-0.4, -0.2) is 11.9 Å². The molecule has 0 bridgehead atoms. The summed E-state index contributed by atoms with van der Waals surface area (Å²) in [4.78, 5) is 11.9. The van der Waals surface area contributed by atoms with E-state index < -0.39 is 23.2 Å². The highest BCUT2D eigenvalue weighted by atomic mass is 19.1. The van der Waals surface area contributed by atoms with Gasteiger partial charge in [-0.05, 0) is 23.6 Å². The van der Waals surface area contributed by atoms with Crippen LogP contribution in [0.4, 0.5) is 10.1 Å². The quantitative estimate of drug-likeness (QED) is 0.841. The molecule has 0 heterocycles. The first-order chi connectivity index (χ1) is 8.25. The highest BCUT2D eigenvalue weighted by molar-refractivity contribution is 5.96. The van der Waals surface area contributed by atoms with Crippen molar-refractivity contribution in [2.24, 2.45) is 11.1 Å². The Labute approximate surface area is 106 Å². The summed E-state index contributed by atoms with van der Waals surface area (Å²) in [5.74, 6) is -0.921. The Morgan fingerprint density at radius 1 is 1.50 bits per heavy atom. The summed E-state index contributed by atoms with van der Waals surface area (Å²) in [7, 11) is 0. The third kappa shape index (κ3) is 3.28. The largest absolute Gasteiger partial charge is 0.324 e. The second kappa shape index (κ2) is 5.15. The van der Waals surface area contributed by atoms with Gasteiger partial charge >= 0.3 is 0 Å². The standard InChI is InChI=1S/C13H16FN3O/c1-13(2,3)11(16)12(18)17-10-5-4-9(14)6-8(10)7-15/h4-6,11H,16H2,1-3H3,(H,17,18)/t11-/m0/s1. The number of nitrogens with two attached hydrogens (primary N) is 1. The maximum Gasteiger partial charge on any atom is 0.241 e. The van der Waals surface area contributed by atoms with E-state index in [1.165, 1.54) is 12.1 Å². The molecule has 0 aromatic heterocycles. The molecule has 0 radical (unpaired) electrons. The molecule has 1 aromatic rings. The molecule has 1 aromatic carbocycles. The van der Waals surface area contributed by atoms with Gasteiger partial charge in [0.25, 0.3) is 0 Å². The average molecular weight is 249 g/mol. The number of amides is 1. The summed E-state index contributed by atoms with van der Waals surface area (Å²) in [6, 6.07) is 4.71. The lowest BCUT2D eigenvalue weighted by Gasteiger charge is -2.25. The lowest BCUT2D eigenvalue weighted by molar-refractivity contribution is -0.119. The van der Waals surface area contributed by atoms with Crippen LogP contribution in [0.5, 0.6) is 0 Å². The number of rotatable bonds is 2. The maximum atomic E-state index is 12.9. The minimum Gasteiger partial charge on any atom is -0.324 e. The number of hydrogen-bond donors (Lipinski definition) is 2. The number of nitrogens with one attached hydrogen (secondary N) is 1. The van der Waals surface area contributed by atoms with Crippen LogP contribution in [0.3, 0.4) is 0 Å². The number of anilines is 1. The fourth-order valence-electron chi connectivity index (χ4n) is 1.32. The molecule has 4 nitrogen and oxygen atoms in total. The van der Waals surface area contributed by atoms with Crippen LogP contribution >= 0.6 is 0 Å². The zero-order valence-electron chi connectivity index (χ0n) is 10.6. The zero-order valence-corrected chi connectivity index (χ0v) is 10.6. The van der Waals surface area contributed by atoms with Gasteiger partial charge in [-0.1, -0.05) is 20.8 Å². The molecule has 0 unspecified atom stereocenters. The molecule has 3 N–H and O–H groups in total. The smallest absolute Gasteiger partial charge is 0.241 e. The van der Waals surface area contributed by atoms with Crippen molar-refractivity contribution < 1.29 is 9.18 Å². The van der Waals surface area contributed by atoms with Crippen LogP contribution in [0.15, 0.2) is 18.2 Å². The summed E-state index contributed by atoms with van der Waals surface area (Å²) >= 11 is 0. The Morgan fingerprint density at radius 3 is 2.61 bits per heavy atom. The molecule has 1 amide bonds. The van der Waals surface area contributed by atoms with Crippen molar-refractivity contribution in [3.63, 3.8) is 0 Å². The predicted molar refractivity (Wildman–Crippen MR) is 67.2 cm³/mol. The maximum absolute atomic E-state index is 12.9. The first-order valence-electron chi connectivity index (χ1n) is 5.52. The Hall–Kier alpha value is -1.93. The van der Waals surface area contributed by atoms with Crippen LogP contribution in [0.1, 0.15) is 26.3 Å². The molecule has 96 valence electrons. The molecule has 1 rings (SSSR count). The van der Waals surface area contributed by atoms with Gasteiger partial charge in [-0.15, -0.1) is 0 Å². The van der Waals surface area contributed by atoms with Crippen LogP contribution in [0.25, 0.3) is 0 Å². The Morgan fingerprint density at radius 2 is 2.11 bits per heavy atom. The van der Waals surface area contributed by atoms with E-state index in [0.29, 0.717) is 0 Å². The normalized spacial score (nSPS) is 12.7. The van der Waals surface area contributed by atoms with E-state index in [0.717, 1.165) is 6.07 Å². The molecule has 0 saturated heterocycles. The van der Waals surface area contributed by atoms with Gasteiger partial charge in [0.05, 0.1) is 17.3 Å². The van der Waals surface area contributed by atoms with E-state index in [4.69, 9.17) is 11.0 Å². The molecule has 0 aliphatic rings. The van der Waals surface area contributed by atoms with Crippen molar-refractivity contribution in [1.29, 1.82) is 5.26 Å². The highest BCUT2D eigenvalue weighted by Crippen LogP contribution is 2.21. The number of nitriles is 1. The van der Waals surface area contributed by atoms with Crippen molar-refractivity contribution in [2.45, 2.75) is 26.8 Å². The Bertz CT molecular complexity index is 500.